The Morgan fingerprint density at radius 1 is 1.41 bits per heavy atom. The van der Waals surface area contributed by atoms with Crippen LogP contribution in [0.1, 0.15) is 16.1 Å². The number of aromatic nitrogens is 3. The van der Waals surface area contributed by atoms with Crippen molar-refractivity contribution in [3.63, 3.8) is 0 Å². The maximum absolute atomic E-state index is 10.9. The Morgan fingerprint density at radius 2 is 2.18 bits per heavy atom. The molecule has 0 unspecified atom stereocenters. The molecule has 0 amide bonds. The molecule has 0 aliphatic rings. The molecule has 1 aromatic carbocycles. The number of rotatable bonds is 3. The summed E-state index contributed by atoms with van der Waals surface area (Å²) in [5, 5.41) is 19.7. The average Bonchev–Trinajstić information content (AvgIpc) is 2.73. The third kappa shape index (κ3) is 2.10. The molecular weight excluding hydrogens is 220 g/mol. The maximum atomic E-state index is 10.9. The first-order chi connectivity index (χ1) is 8.11. The lowest BCUT2D eigenvalue weighted by molar-refractivity contribution is 0.0691. The number of anilines is 1. The van der Waals surface area contributed by atoms with E-state index in [-0.39, 0.29) is 11.5 Å². The summed E-state index contributed by atoms with van der Waals surface area (Å²) in [5.74, 6) is -0.854. The minimum Gasteiger partial charge on any atom is -0.476 e. The Kier molecular flexibility index (Phi) is 2.78. The molecule has 6 heteroatoms. The number of aromatic carboxylic acids is 1. The van der Waals surface area contributed by atoms with Gasteiger partial charge >= 0.3 is 5.97 Å². The summed E-state index contributed by atoms with van der Waals surface area (Å²) in [6, 6.07) is 7.51. The van der Waals surface area contributed by atoms with Gasteiger partial charge in [0.1, 0.15) is 0 Å². The number of carbonyl (C=O) groups is 1. The van der Waals surface area contributed by atoms with Gasteiger partial charge in [0.05, 0.1) is 5.69 Å². The Bertz CT molecular complexity index is 562. The van der Waals surface area contributed by atoms with Crippen LogP contribution in [0.4, 0.5) is 5.82 Å². The summed E-state index contributed by atoms with van der Waals surface area (Å²) < 4.78 is 0. The number of nitrogens with zero attached hydrogens (tertiary/aromatic N) is 3. The molecule has 88 valence electrons. The van der Waals surface area contributed by atoms with Gasteiger partial charge in [-0.3, -0.25) is 0 Å². The van der Waals surface area contributed by atoms with Crippen molar-refractivity contribution in [3.05, 3.63) is 35.5 Å². The predicted molar refractivity (Wildman–Crippen MR) is 62.6 cm³/mol. The highest BCUT2D eigenvalue weighted by Crippen LogP contribution is 2.13. The van der Waals surface area contributed by atoms with Crippen molar-refractivity contribution in [1.82, 2.24) is 15.0 Å². The van der Waals surface area contributed by atoms with Gasteiger partial charge in [-0.15, -0.1) is 15.0 Å². The third-order valence-electron chi connectivity index (χ3n) is 2.29. The maximum Gasteiger partial charge on any atom is 0.360 e. The molecule has 0 saturated heterocycles. The quantitative estimate of drug-likeness (QED) is 0.834. The minimum absolute atomic E-state index is 0.0889. The first kappa shape index (κ1) is 11.1. The molecule has 2 N–H and O–H groups in total. The molecule has 0 bridgehead atoms. The van der Waals surface area contributed by atoms with Crippen LogP contribution in [-0.4, -0.2) is 33.1 Å². The Balaban J connectivity index is 2.50. The minimum atomic E-state index is -1.10. The van der Waals surface area contributed by atoms with Gasteiger partial charge < -0.3 is 10.4 Å². The third-order valence-corrected chi connectivity index (χ3v) is 2.29. The van der Waals surface area contributed by atoms with Crippen LogP contribution in [0.25, 0.3) is 5.69 Å². The van der Waals surface area contributed by atoms with Gasteiger partial charge in [0.2, 0.25) is 5.69 Å². The van der Waals surface area contributed by atoms with Crippen LogP contribution < -0.4 is 5.32 Å². The first-order valence-electron chi connectivity index (χ1n) is 5.07. The van der Waals surface area contributed by atoms with E-state index >= 15 is 0 Å². The van der Waals surface area contributed by atoms with Gasteiger partial charge in [0, 0.05) is 7.05 Å². The summed E-state index contributed by atoms with van der Waals surface area (Å²) in [7, 11) is 1.61. The molecule has 1 heterocycles. The van der Waals surface area contributed by atoms with E-state index in [2.05, 4.69) is 15.5 Å². The molecule has 0 aliphatic carbocycles. The van der Waals surface area contributed by atoms with Crippen molar-refractivity contribution in [1.29, 1.82) is 0 Å². The van der Waals surface area contributed by atoms with Gasteiger partial charge in [-0.05, 0) is 24.6 Å². The molecule has 0 atom stereocenters. The highest BCUT2D eigenvalue weighted by molar-refractivity contribution is 5.90. The Labute approximate surface area is 97.9 Å². The molecular formula is C11H12N4O2. The van der Waals surface area contributed by atoms with Crippen LogP contribution in [-0.2, 0) is 0 Å². The van der Waals surface area contributed by atoms with E-state index < -0.39 is 5.97 Å². The molecule has 1 aromatic heterocycles. The standard InChI is InChI=1S/C11H12N4O2/c1-7-4-3-5-8(6-7)15-13-9(11(16)17)10(12-2)14-15/h3-6H,1-2H3,(H,12,14)(H,16,17). The lowest BCUT2D eigenvalue weighted by atomic mass is 10.2. The number of hydrogen-bond donors (Lipinski definition) is 2. The monoisotopic (exact) mass is 232 g/mol. The summed E-state index contributed by atoms with van der Waals surface area (Å²) in [6.07, 6.45) is 0. The van der Waals surface area contributed by atoms with Gasteiger partial charge in [-0.25, -0.2) is 4.79 Å². The van der Waals surface area contributed by atoms with Crippen molar-refractivity contribution in [3.8, 4) is 5.69 Å². The van der Waals surface area contributed by atoms with E-state index in [0.29, 0.717) is 0 Å². The fraction of sp³-hybridized carbons (Fsp3) is 0.182. The highest BCUT2D eigenvalue weighted by atomic mass is 16.4. The first-order valence-corrected chi connectivity index (χ1v) is 5.07. The second-order valence-corrected chi connectivity index (χ2v) is 3.58. The van der Waals surface area contributed by atoms with Crippen molar-refractivity contribution in [2.75, 3.05) is 12.4 Å². The van der Waals surface area contributed by atoms with Crippen LogP contribution in [0, 0.1) is 6.92 Å². The summed E-state index contributed by atoms with van der Waals surface area (Å²) in [4.78, 5) is 12.2. The molecule has 0 fully saturated rings. The van der Waals surface area contributed by atoms with Gasteiger partial charge in [-0.1, -0.05) is 12.1 Å². The van der Waals surface area contributed by atoms with Gasteiger partial charge in [0.15, 0.2) is 5.82 Å². The van der Waals surface area contributed by atoms with Crippen LogP contribution >= 0.6 is 0 Å². The van der Waals surface area contributed by atoms with E-state index in [1.54, 1.807) is 7.05 Å². The van der Waals surface area contributed by atoms with E-state index in [0.717, 1.165) is 11.3 Å². The largest absolute Gasteiger partial charge is 0.476 e. The molecule has 0 radical (unpaired) electrons. The fourth-order valence-corrected chi connectivity index (χ4v) is 1.49. The molecule has 6 nitrogen and oxygen atoms in total. The zero-order chi connectivity index (χ0) is 12.4. The topological polar surface area (TPSA) is 80.0 Å². The normalized spacial score (nSPS) is 10.2. The second kappa shape index (κ2) is 4.25. The number of benzene rings is 1. The van der Waals surface area contributed by atoms with Crippen LogP contribution in [0.2, 0.25) is 0 Å². The Hall–Kier alpha value is -2.37. The number of nitrogens with one attached hydrogen (secondary N) is 1. The van der Waals surface area contributed by atoms with Crippen LogP contribution in [0.5, 0.6) is 0 Å². The van der Waals surface area contributed by atoms with E-state index in [1.165, 1.54) is 4.80 Å². The van der Waals surface area contributed by atoms with Crippen LogP contribution in [0.15, 0.2) is 24.3 Å². The van der Waals surface area contributed by atoms with E-state index in [1.807, 2.05) is 31.2 Å². The van der Waals surface area contributed by atoms with E-state index in [9.17, 15) is 4.79 Å². The summed E-state index contributed by atoms with van der Waals surface area (Å²) >= 11 is 0. The number of aryl methyl sites for hydroxylation is 1. The summed E-state index contributed by atoms with van der Waals surface area (Å²) in [6.45, 7) is 1.95. The van der Waals surface area contributed by atoms with E-state index in [4.69, 9.17) is 5.11 Å². The molecule has 17 heavy (non-hydrogen) atoms. The molecule has 0 aliphatic heterocycles. The van der Waals surface area contributed by atoms with Crippen molar-refractivity contribution >= 4 is 11.8 Å². The van der Waals surface area contributed by atoms with Gasteiger partial charge in [0.25, 0.3) is 0 Å². The SMILES string of the molecule is CNc1nn(-c2cccc(C)c2)nc1C(=O)O. The lowest BCUT2D eigenvalue weighted by Gasteiger charge is -1.99. The van der Waals surface area contributed by atoms with Crippen molar-refractivity contribution < 1.29 is 9.90 Å². The smallest absolute Gasteiger partial charge is 0.360 e. The molecule has 2 aromatic rings. The number of hydrogen-bond acceptors (Lipinski definition) is 4. The second-order valence-electron chi connectivity index (χ2n) is 3.58. The van der Waals surface area contributed by atoms with Crippen molar-refractivity contribution in [2.24, 2.45) is 0 Å². The lowest BCUT2D eigenvalue weighted by Crippen LogP contribution is -2.03. The average molecular weight is 232 g/mol. The predicted octanol–water partition coefficient (Wildman–Crippen LogP) is 1.32. The fourth-order valence-electron chi connectivity index (χ4n) is 1.49. The molecule has 0 saturated carbocycles. The molecule has 2 rings (SSSR count). The zero-order valence-corrected chi connectivity index (χ0v) is 9.51. The number of carboxylic acid groups (broad SMARTS) is 1. The van der Waals surface area contributed by atoms with Crippen molar-refractivity contribution in [2.45, 2.75) is 6.92 Å². The summed E-state index contributed by atoms with van der Waals surface area (Å²) in [5.41, 5.74) is 1.70. The Morgan fingerprint density at radius 3 is 2.71 bits per heavy atom. The van der Waals surface area contributed by atoms with Gasteiger partial charge in [-0.2, -0.15) is 0 Å². The van der Waals surface area contributed by atoms with Crippen LogP contribution in [0.3, 0.4) is 0 Å². The molecule has 0 spiro atoms. The zero-order valence-electron chi connectivity index (χ0n) is 9.51. The number of carboxylic acids is 1. The highest BCUT2D eigenvalue weighted by Gasteiger charge is 2.17.